The minimum Gasteiger partial charge on any atom is -0.545 e. The fraction of sp³-hybridized carbons (Fsp3) is 0.0769. The molecule has 0 atom stereocenters. The van der Waals surface area contributed by atoms with E-state index in [9.17, 15) is 14.7 Å². The zero-order valence-electron chi connectivity index (χ0n) is 17.7. The fourth-order valence-electron chi connectivity index (χ4n) is 2.08. The lowest BCUT2D eigenvalue weighted by atomic mass is 10.4. The van der Waals surface area contributed by atoms with Crippen molar-refractivity contribution in [3.8, 4) is 0 Å². The summed E-state index contributed by atoms with van der Waals surface area (Å²) in [5.74, 6) is -2.12. The second kappa shape index (κ2) is 13.6. The molecule has 0 aliphatic heterocycles. The summed E-state index contributed by atoms with van der Waals surface area (Å²) in [6, 6.07) is 32.2. The van der Waals surface area contributed by atoms with Gasteiger partial charge in [-0.1, -0.05) is 67.8 Å². The molecule has 0 saturated carbocycles. The van der Waals surface area contributed by atoms with Gasteiger partial charge < -0.3 is 15.0 Å². The van der Waals surface area contributed by atoms with E-state index in [0.717, 1.165) is 0 Å². The lowest BCUT2D eigenvalue weighted by molar-refractivity contribution is -0.299. The molecule has 4 nitrogen and oxygen atoms in total. The lowest BCUT2D eigenvalue weighted by Crippen LogP contribution is -2.22. The van der Waals surface area contributed by atoms with E-state index in [-0.39, 0.29) is 22.0 Å². The molecular formula is C26H26O4S. The van der Waals surface area contributed by atoms with Crippen molar-refractivity contribution in [1.82, 2.24) is 0 Å². The van der Waals surface area contributed by atoms with E-state index in [1.54, 1.807) is 0 Å². The third-order valence-corrected chi connectivity index (χ3v) is 5.88. The summed E-state index contributed by atoms with van der Waals surface area (Å²) in [6.45, 7) is 9.08. The molecule has 160 valence electrons. The fourth-order valence-corrected chi connectivity index (χ4v) is 4.18. The molecule has 0 radical (unpaired) electrons. The van der Waals surface area contributed by atoms with Gasteiger partial charge in [-0.25, -0.2) is 4.79 Å². The summed E-state index contributed by atoms with van der Waals surface area (Å²) < 4.78 is 0. The second-order valence-corrected chi connectivity index (χ2v) is 8.43. The molecule has 0 fully saturated rings. The van der Waals surface area contributed by atoms with E-state index in [1.165, 1.54) is 28.5 Å². The number of benzene rings is 3. The van der Waals surface area contributed by atoms with E-state index in [1.807, 2.05) is 0 Å². The zero-order valence-corrected chi connectivity index (χ0v) is 18.5. The number of rotatable bonds is 5. The van der Waals surface area contributed by atoms with Crippen LogP contribution in [0.3, 0.4) is 0 Å². The normalized spacial score (nSPS) is 9.39. The Morgan fingerprint density at radius 2 is 0.903 bits per heavy atom. The minimum atomic E-state index is -1.19. The first-order valence-corrected chi connectivity index (χ1v) is 10.6. The highest BCUT2D eigenvalue weighted by atomic mass is 32.2. The maximum atomic E-state index is 9.60. The average molecular weight is 435 g/mol. The Hall–Kier alpha value is -3.57. The summed E-state index contributed by atoms with van der Waals surface area (Å²) in [5, 5.41) is 17.4. The van der Waals surface area contributed by atoms with Crippen molar-refractivity contribution in [3.63, 3.8) is 0 Å². The average Bonchev–Trinajstić information content (AvgIpc) is 2.77. The van der Waals surface area contributed by atoms with E-state index in [2.05, 4.69) is 104 Å². The molecule has 0 aliphatic rings. The van der Waals surface area contributed by atoms with Gasteiger partial charge >= 0.3 is 5.97 Å². The van der Waals surface area contributed by atoms with Crippen LogP contribution >= 0.6 is 0 Å². The second-order valence-electron chi connectivity index (χ2n) is 6.40. The molecule has 0 amide bonds. The molecule has 3 rings (SSSR count). The Bertz CT molecular complexity index is 842. The Kier molecular flexibility index (Phi) is 11.2. The Morgan fingerprint density at radius 3 is 1.06 bits per heavy atom. The van der Waals surface area contributed by atoms with Crippen molar-refractivity contribution in [2.75, 3.05) is 0 Å². The molecule has 1 N–H and O–H groups in total. The van der Waals surface area contributed by atoms with E-state index >= 15 is 0 Å². The van der Waals surface area contributed by atoms with Crippen molar-refractivity contribution in [2.24, 2.45) is 0 Å². The Balaban J connectivity index is 0.000000333. The highest BCUT2D eigenvalue weighted by Crippen LogP contribution is 2.30. The van der Waals surface area contributed by atoms with Gasteiger partial charge in [0.2, 0.25) is 0 Å². The number of carboxylic acids is 2. The third-order valence-electron chi connectivity index (χ3n) is 3.65. The zero-order chi connectivity index (χ0) is 23.2. The van der Waals surface area contributed by atoms with Gasteiger partial charge in [0, 0.05) is 5.57 Å². The van der Waals surface area contributed by atoms with Crippen LogP contribution in [-0.4, -0.2) is 17.0 Å². The minimum absolute atomic E-state index is 0.0146. The predicted octanol–water partition coefficient (Wildman–Crippen LogP) is 4.74. The number of hydrogen-bond acceptors (Lipinski definition) is 3. The largest absolute Gasteiger partial charge is 0.545 e. The van der Waals surface area contributed by atoms with Crippen molar-refractivity contribution in [2.45, 2.75) is 28.5 Å². The van der Waals surface area contributed by atoms with Gasteiger partial charge in [0.25, 0.3) is 0 Å². The van der Waals surface area contributed by atoms with Crippen molar-refractivity contribution in [3.05, 3.63) is 115 Å². The number of carbonyl (C=O) groups is 2. The van der Waals surface area contributed by atoms with Crippen LogP contribution in [0, 0.1) is 0 Å². The highest BCUT2D eigenvalue weighted by molar-refractivity contribution is 7.97. The van der Waals surface area contributed by atoms with Crippen LogP contribution in [0.25, 0.3) is 0 Å². The topological polar surface area (TPSA) is 77.4 Å². The summed E-state index contributed by atoms with van der Waals surface area (Å²) in [4.78, 5) is 23.2. The lowest BCUT2D eigenvalue weighted by Gasteiger charge is -2.07. The van der Waals surface area contributed by atoms with E-state index in [0.29, 0.717) is 0 Å². The number of hydrogen-bond donors (Lipinski definition) is 1. The van der Waals surface area contributed by atoms with Crippen LogP contribution < -0.4 is 5.11 Å². The quantitative estimate of drug-likeness (QED) is 0.465. The van der Waals surface area contributed by atoms with Gasteiger partial charge in [0.05, 0.1) is 16.9 Å². The maximum absolute atomic E-state index is 9.60. The van der Waals surface area contributed by atoms with Gasteiger partial charge in [-0.05, 0) is 55.8 Å². The van der Waals surface area contributed by atoms with Gasteiger partial charge in [-0.2, -0.15) is 0 Å². The SMILES string of the molecule is C=C(C)C(=O)O.C=C(C)C(=O)[O-].c1ccc([S+](c2ccccc2)c2ccccc2)cc1. The molecule has 0 spiro atoms. The summed E-state index contributed by atoms with van der Waals surface area (Å²) in [6.07, 6.45) is 0. The molecule has 3 aromatic rings. The first-order valence-electron chi connectivity index (χ1n) is 9.39. The standard InChI is InChI=1S/C18H15S.2C4H6O2/c1-4-10-16(11-5-1)19(17-12-6-2-7-13-17)18-14-8-3-9-15-18;2*1-3(2)4(5)6/h1-15H;2*1H2,2H3,(H,5,6)/q+1;;/p-1. The molecule has 0 bridgehead atoms. The van der Waals surface area contributed by atoms with Crippen molar-refractivity contribution in [1.29, 1.82) is 0 Å². The predicted molar refractivity (Wildman–Crippen MR) is 124 cm³/mol. The summed E-state index contributed by atoms with van der Waals surface area (Å²) >= 11 is 0. The molecular weight excluding hydrogens is 408 g/mol. The molecule has 0 unspecified atom stereocenters. The van der Waals surface area contributed by atoms with Crippen LogP contribution in [0.2, 0.25) is 0 Å². The Labute approximate surface area is 186 Å². The van der Waals surface area contributed by atoms with E-state index in [4.69, 9.17) is 5.11 Å². The number of aliphatic carboxylic acids is 2. The summed E-state index contributed by atoms with van der Waals surface area (Å²) in [5.41, 5.74) is 0.241. The monoisotopic (exact) mass is 434 g/mol. The van der Waals surface area contributed by atoms with E-state index < -0.39 is 11.9 Å². The van der Waals surface area contributed by atoms with Crippen molar-refractivity contribution < 1.29 is 19.8 Å². The molecule has 0 heterocycles. The molecule has 5 heteroatoms. The highest BCUT2D eigenvalue weighted by Gasteiger charge is 2.27. The molecule has 3 aromatic carbocycles. The molecule has 31 heavy (non-hydrogen) atoms. The van der Waals surface area contributed by atoms with Crippen LogP contribution in [0.15, 0.2) is 130 Å². The van der Waals surface area contributed by atoms with Gasteiger partial charge in [-0.3, -0.25) is 0 Å². The maximum Gasteiger partial charge on any atom is 0.330 e. The van der Waals surface area contributed by atoms with Gasteiger partial charge in [0.1, 0.15) is 0 Å². The smallest absolute Gasteiger partial charge is 0.330 e. The molecule has 0 saturated heterocycles. The van der Waals surface area contributed by atoms with Crippen LogP contribution in [-0.2, 0) is 20.5 Å². The number of carboxylic acid groups (broad SMARTS) is 2. The van der Waals surface area contributed by atoms with Crippen LogP contribution in [0.4, 0.5) is 0 Å². The first kappa shape index (κ1) is 25.5. The summed E-state index contributed by atoms with van der Waals surface area (Å²) in [7, 11) is -0.0146. The van der Waals surface area contributed by atoms with Crippen LogP contribution in [0.5, 0.6) is 0 Å². The Morgan fingerprint density at radius 1 is 0.677 bits per heavy atom. The first-order chi connectivity index (χ1) is 14.7. The third kappa shape index (κ3) is 9.65. The molecule has 0 aliphatic carbocycles. The van der Waals surface area contributed by atoms with Gasteiger partial charge in [-0.15, -0.1) is 0 Å². The number of carbonyl (C=O) groups excluding carboxylic acids is 1. The van der Waals surface area contributed by atoms with Crippen molar-refractivity contribution >= 4 is 22.8 Å². The van der Waals surface area contributed by atoms with Gasteiger partial charge in [0.15, 0.2) is 14.7 Å². The molecule has 0 aromatic heterocycles. The van der Waals surface area contributed by atoms with Crippen LogP contribution in [0.1, 0.15) is 13.8 Å².